The lowest BCUT2D eigenvalue weighted by Crippen LogP contribution is -2.29. The normalized spacial score (nSPS) is 16.4. The molecule has 0 atom stereocenters. The summed E-state index contributed by atoms with van der Waals surface area (Å²) >= 11 is 0.839. The average Bonchev–Trinajstić information content (AvgIpc) is 2.91. The Morgan fingerprint density at radius 3 is 2.82 bits per heavy atom. The highest BCUT2D eigenvalue weighted by atomic mass is 32.2. The zero-order chi connectivity index (χ0) is 12.6. The van der Waals surface area contributed by atoms with Crippen molar-refractivity contribution in [3.8, 4) is 0 Å². The van der Waals surface area contributed by atoms with Crippen LogP contribution in [-0.4, -0.2) is 42.4 Å². The topological polar surface area (TPSA) is 87.6 Å². The summed E-state index contributed by atoms with van der Waals surface area (Å²) in [5.41, 5.74) is 0.846. The van der Waals surface area contributed by atoms with Crippen molar-refractivity contribution < 1.29 is 18.3 Å². The number of hydrogen-bond donors (Lipinski definition) is 1. The highest BCUT2D eigenvalue weighted by Crippen LogP contribution is 2.32. The third-order valence-corrected chi connectivity index (χ3v) is 5.76. The molecule has 1 aromatic heterocycles. The Labute approximate surface area is 103 Å². The van der Waals surface area contributed by atoms with Crippen molar-refractivity contribution in [3.05, 3.63) is 11.2 Å². The van der Waals surface area contributed by atoms with E-state index in [2.05, 4.69) is 4.98 Å². The predicted octanol–water partition coefficient (Wildman–Crippen LogP) is 0.872. The molecule has 0 aromatic carbocycles. The van der Waals surface area contributed by atoms with Crippen LogP contribution in [0.15, 0.2) is 9.72 Å². The van der Waals surface area contributed by atoms with E-state index in [9.17, 15) is 13.2 Å². The maximum absolute atomic E-state index is 12.1. The lowest BCUT2D eigenvalue weighted by Gasteiger charge is -2.15. The van der Waals surface area contributed by atoms with Gasteiger partial charge in [-0.15, -0.1) is 11.3 Å². The van der Waals surface area contributed by atoms with Crippen molar-refractivity contribution in [1.29, 1.82) is 0 Å². The van der Waals surface area contributed by atoms with Gasteiger partial charge < -0.3 is 5.11 Å². The van der Waals surface area contributed by atoms with E-state index in [1.807, 2.05) is 0 Å². The Hall–Kier alpha value is -0.990. The van der Waals surface area contributed by atoms with Gasteiger partial charge in [0.25, 0.3) is 10.0 Å². The second-order valence-electron chi connectivity index (χ2n) is 4.02. The first-order valence-corrected chi connectivity index (χ1v) is 7.38. The molecule has 0 amide bonds. The van der Waals surface area contributed by atoms with E-state index in [0.29, 0.717) is 12.5 Å². The van der Waals surface area contributed by atoms with Crippen molar-refractivity contribution in [2.45, 2.75) is 17.1 Å². The molecule has 0 aliphatic heterocycles. The number of aromatic nitrogens is 1. The van der Waals surface area contributed by atoms with Gasteiger partial charge in [-0.25, -0.2) is 18.2 Å². The van der Waals surface area contributed by atoms with Gasteiger partial charge in [-0.3, -0.25) is 0 Å². The third kappa shape index (κ3) is 2.48. The molecule has 0 spiro atoms. The number of nitrogens with zero attached hydrogens (tertiary/aromatic N) is 2. The number of sulfonamides is 1. The van der Waals surface area contributed by atoms with Crippen molar-refractivity contribution in [3.63, 3.8) is 0 Å². The molecule has 1 N–H and O–H groups in total. The van der Waals surface area contributed by atoms with Crippen molar-refractivity contribution in [2.24, 2.45) is 5.92 Å². The quantitative estimate of drug-likeness (QED) is 0.862. The highest BCUT2D eigenvalue weighted by molar-refractivity contribution is 7.91. The fraction of sp³-hybridized carbons (Fsp3) is 0.556. The lowest BCUT2D eigenvalue weighted by atomic mass is 10.4. The summed E-state index contributed by atoms with van der Waals surface area (Å²) in [6.07, 6.45) is 2.07. The zero-order valence-electron chi connectivity index (χ0n) is 9.16. The van der Waals surface area contributed by atoms with Crippen LogP contribution in [0.25, 0.3) is 0 Å². The van der Waals surface area contributed by atoms with Crippen LogP contribution < -0.4 is 0 Å². The molecule has 1 heterocycles. The Bertz CT molecular complexity index is 533. The van der Waals surface area contributed by atoms with Crippen LogP contribution in [0.3, 0.4) is 0 Å². The largest absolute Gasteiger partial charge is 0.476 e. The van der Waals surface area contributed by atoms with E-state index in [4.69, 9.17) is 5.11 Å². The molecule has 2 rings (SSSR count). The van der Waals surface area contributed by atoms with Crippen LogP contribution in [0.4, 0.5) is 0 Å². The summed E-state index contributed by atoms with van der Waals surface area (Å²) in [5.74, 6) is -0.902. The van der Waals surface area contributed by atoms with E-state index < -0.39 is 21.7 Å². The molecule has 17 heavy (non-hydrogen) atoms. The van der Waals surface area contributed by atoms with Crippen LogP contribution >= 0.6 is 11.3 Å². The highest BCUT2D eigenvalue weighted by Gasteiger charge is 2.33. The first-order chi connectivity index (χ1) is 7.93. The van der Waals surface area contributed by atoms with Crippen LogP contribution in [-0.2, 0) is 10.0 Å². The summed E-state index contributed by atoms with van der Waals surface area (Å²) in [5, 5.41) is 8.86. The van der Waals surface area contributed by atoms with E-state index in [1.165, 1.54) is 16.9 Å². The zero-order valence-corrected chi connectivity index (χ0v) is 10.8. The number of carbonyl (C=O) groups is 1. The van der Waals surface area contributed by atoms with Gasteiger partial charge >= 0.3 is 5.97 Å². The van der Waals surface area contributed by atoms with E-state index in [0.717, 1.165) is 24.2 Å². The Morgan fingerprint density at radius 2 is 2.29 bits per heavy atom. The molecule has 94 valence electrons. The molecule has 8 heteroatoms. The maximum atomic E-state index is 12.1. The first-order valence-electron chi connectivity index (χ1n) is 5.06. The van der Waals surface area contributed by atoms with Gasteiger partial charge in [0, 0.05) is 13.6 Å². The minimum Gasteiger partial charge on any atom is -0.476 e. The minimum atomic E-state index is -3.72. The van der Waals surface area contributed by atoms with Crippen molar-refractivity contribution in [2.75, 3.05) is 13.6 Å². The smallest absolute Gasteiger partial charge is 0.356 e. The van der Waals surface area contributed by atoms with Gasteiger partial charge in [0.1, 0.15) is 0 Å². The van der Waals surface area contributed by atoms with Gasteiger partial charge in [0.05, 0.1) is 5.51 Å². The molecule has 1 aliphatic rings. The van der Waals surface area contributed by atoms with Gasteiger partial charge in [-0.2, -0.15) is 4.31 Å². The summed E-state index contributed by atoms with van der Waals surface area (Å²) in [4.78, 5) is 14.4. The molecular formula is C9H12N2O4S2. The summed E-state index contributed by atoms with van der Waals surface area (Å²) in [6.45, 7) is 0.444. The average molecular weight is 276 g/mol. The number of aromatic carboxylic acids is 1. The van der Waals surface area contributed by atoms with E-state index >= 15 is 0 Å². The van der Waals surface area contributed by atoms with Crippen LogP contribution in [0.2, 0.25) is 0 Å². The van der Waals surface area contributed by atoms with Gasteiger partial charge in [0.15, 0.2) is 9.90 Å². The number of thiazole rings is 1. The Kier molecular flexibility index (Phi) is 3.19. The lowest BCUT2D eigenvalue weighted by molar-refractivity contribution is 0.0687. The van der Waals surface area contributed by atoms with Crippen LogP contribution in [0.5, 0.6) is 0 Å². The second-order valence-corrected chi connectivity index (χ2v) is 7.12. The fourth-order valence-corrected chi connectivity index (χ4v) is 4.04. The van der Waals surface area contributed by atoms with Crippen LogP contribution in [0, 0.1) is 5.92 Å². The Morgan fingerprint density at radius 1 is 1.65 bits per heavy atom. The number of carboxylic acid groups (broad SMARTS) is 1. The summed E-state index contributed by atoms with van der Waals surface area (Å²) in [6, 6.07) is 0. The minimum absolute atomic E-state index is 0.187. The van der Waals surface area contributed by atoms with Crippen molar-refractivity contribution >= 4 is 27.3 Å². The van der Waals surface area contributed by atoms with Gasteiger partial charge in [-0.1, -0.05) is 0 Å². The number of carboxylic acids is 1. The standard InChI is InChI=1S/C9H12N2O4S2/c1-11(4-6-2-3-6)17(14,15)9-7(8(12)13)10-5-16-9/h5-6H,2-4H2,1H3,(H,12,13). The number of rotatable bonds is 5. The molecule has 6 nitrogen and oxygen atoms in total. The SMILES string of the molecule is CN(CC1CC1)S(=O)(=O)c1scnc1C(=O)O. The first kappa shape index (κ1) is 12.5. The monoisotopic (exact) mass is 276 g/mol. The van der Waals surface area contributed by atoms with Gasteiger partial charge in [0.2, 0.25) is 0 Å². The molecule has 1 saturated carbocycles. The Balaban J connectivity index is 2.29. The molecule has 0 radical (unpaired) electrons. The van der Waals surface area contributed by atoms with Crippen LogP contribution in [0.1, 0.15) is 23.3 Å². The molecular weight excluding hydrogens is 264 g/mol. The van der Waals surface area contributed by atoms with E-state index in [-0.39, 0.29) is 4.21 Å². The fourth-order valence-electron chi connectivity index (χ4n) is 1.46. The molecule has 1 fully saturated rings. The second kappa shape index (κ2) is 4.35. The predicted molar refractivity (Wildman–Crippen MR) is 61.6 cm³/mol. The van der Waals surface area contributed by atoms with E-state index in [1.54, 1.807) is 0 Å². The van der Waals surface area contributed by atoms with Crippen molar-refractivity contribution in [1.82, 2.24) is 9.29 Å². The van der Waals surface area contributed by atoms with Gasteiger partial charge in [-0.05, 0) is 18.8 Å². The number of hydrogen-bond acceptors (Lipinski definition) is 5. The molecule has 0 bridgehead atoms. The molecule has 1 aliphatic carbocycles. The molecule has 0 unspecified atom stereocenters. The summed E-state index contributed by atoms with van der Waals surface area (Å²) < 4.78 is 25.3. The third-order valence-electron chi connectivity index (χ3n) is 2.59. The maximum Gasteiger partial charge on any atom is 0.356 e. The molecule has 0 saturated heterocycles. The summed E-state index contributed by atoms with van der Waals surface area (Å²) in [7, 11) is -2.25. The molecule has 1 aromatic rings.